The van der Waals surface area contributed by atoms with Gasteiger partial charge in [-0.05, 0) is 30.0 Å². The second-order valence-electron chi connectivity index (χ2n) is 3.00. The number of aliphatic imine (C=N–C) groups is 1. The summed E-state index contributed by atoms with van der Waals surface area (Å²) in [5.41, 5.74) is 5.54. The number of halogens is 2. The first-order chi connectivity index (χ1) is 7.58. The molecule has 82 valence electrons. The molecule has 0 aromatic heterocycles. The predicted molar refractivity (Wildman–Crippen MR) is 63.6 cm³/mol. The van der Waals surface area contributed by atoms with Crippen molar-refractivity contribution in [2.45, 2.75) is 0 Å². The predicted octanol–water partition coefficient (Wildman–Crippen LogP) is 2.41. The highest BCUT2D eigenvalue weighted by atomic mass is 35.5. The standard InChI is InChI=1S/C10H6ClFN2OS/c11-6-2-1-3-7(12)5(6)4-8-9(15)14-10(13)16-8/h1-4H,(H2,13,14,15)/b8-4+. The molecule has 0 saturated carbocycles. The van der Waals surface area contributed by atoms with Gasteiger partial charge in [0.15, 0.2) is 5.17 Å². The number of thioether (sulfide) groups is 1. The van der Waals surface area contributed by atoms with Crippen molar-refractivity contribution >= 4 is 40.5 Å². The SMILES string of the molecule is NC1=NC(=O)/C(=C\c2c(F)cccc2Cl)S1. The molecule has 1 aliphatic rings. The number of nitrogens with zero attached hydrogens (tertiary/aromatic N) is 1. The van der Waals surface area contributed by atoms with E-state index in [1.165, 1.54) is 18.2 Å². The molecule has 1 aromatic rings. The average molecular weight is 257 g/mol. The Morgan fingerprint density at radius 3 is 2.81 bits per heavy atom. The molecule has 0 saturated heterocycles. The maximum atomic E-state index is 13.4. The minimum absolute atomic E-state index is 0.156. The van der Waals surface area contributed by atoms with E-state index < -0.39 is 11.7 Å². The summed E-state index contributed by atoms with van der Waals surface area (Å²) in [4.78, 5) is 15.1. The molecule has 1 heterocycles. The summed E-state index contributed by atoms with van der Waals surface area (Å²) in [7, 11) is 0. The van der Waals surface area contributed by atoms with E-state index in [2.05, 4.69) is 4.99 Å². The highest BCUT2D eigenvalue weighted by molar-refractivity contribution is 8.18. The van der Waals surface area contributed by atoms with Crippen LogP contribution in [-0.2, 0) is 4.79 Å². The summed E-state index contributed by atoms with van der Waals surface area (Å²) in [5.74, 6) is -0.958. The van der Waals surface area contributed by atoms with Gasteiger partial charge in [-0.1, -0.05) is 17.7 Å². The number of benzene rings is 1. The number of rotatable bonds is 1. The van der Waals surface area contributed by atoms with Crippen LogP contribution in [-0.4, -0.2) is 11.1 Å². The van der Waals surface area contributed by atoms with Gasteiger partial charge in [0.25, 0.3) is 5.91 Å². The zero-order chi connectivity index (χ0) is 11.7. The lowest BCUT2D eigenvalue weighted by Gasteiger charge is -2.00. The molecule has 0 radical (unpaired) electrons. The molecule has 0 unspecified atom stereocenters. The van der Waals surface area contributed by atoms with Crippen molar-refractivity contribution in [1.82, 2.24) is 0 Å². The van der Waals surface area contributed by atoms with Gasteiger partial charge in [-0.25, -0.2) is 4.39 Å². The molecule has 0 aliphatic carbocycles. The lowest BCUT2D eigenvalue weighted by Crippen LogP contribution is -2.01. The first-order valence-electron chi connectivity index (χ1n) is 4.30. The zero-order valence-electron chi connectivity index (χ0n) is 7.91. The summed E-state index contributed by atoms with van der Waals surface area (Å²) in [5, 5.41) is 0.398. The molecule has 2 rings (SSSR count). The molecule has 6 heteroatoms. The van der Waals surface area contributed by atoms with Gasteiger partial charge in [0.05, 0.1) is 9.93 Å². The highest BCUT2D eigenvalue weighted by Crippen LogP contribution is 2.29. The average Bonchev–Trinajstić information content (AvgIpc) is 2.51. The third kappa shape index (κ3) is 2.10. The van der Waals surface area contributed by atoms with Crippen LogP contribution in [0.4, 0.5) is 4.39 Å². The van der Waals surface area contributed by atoms with E-state index in [9.17, 15) is 9.18 Å². The number of carbonyl (C=O) groups is 1. The van der Waals surface area contributed by atoms with Gasteiger partial charge in [0.2, 0.25) is 0 Å². The quantitative estimate of drug-likeness (QED) is 0.785. The van der Waals surface area contributed by atoms with Crippen LogP contribution >= 0.6 is 23.4 Å². The first kappa shape index (κ1) is 11.2. The topological polar surface area (TPSA) is 55.4 Å². The number of hydrogen-bond acceptors (Lipinski definition) is 3. The fourth-order valence-corrected chi connectivity index (χ4v) is 2.09. The van der Waals surface area contributed by atoms with Crippen LogP contribution in [0.1, 0.15) is 5.56 Å². The first-order valence-corrected chi connectivity index (χ1v) is 5.49. The second-order valence-corrected chi connectivity index (χ2v) is 4.47. The van der Waals surface area contributed by atoms with Gasteiger partial charge < -0.3 is 5.73 Å². The molecule has 1 aromatic carbocycles. The number of hydrogen-bond donors (Lipinski definition) is 1. The molecule has 0 fully saturated rings. The number of nitrogens with two attached hydrogens (primary N) is 1. The van der Waals surface area contributed by atoms with Crippen molar-refractivity contribution in [2.24, 2.45) is 10.7 Å². The third-order valence-electron chi connectivity index (χ3n) is 1.91. The van der Waals surface area contributed by atoms with E-state index in [1.807, 2.05) is 0 Å². The smallest absolute Gasteiger partial charge is 0.286 e. The Balaban J connectivity index is 2.42. The monoisotopic (exact) mass is 256 g/mol. The van der Waals surface area contributed by atoms with Crippen LogP contribution in [0.25, 0.3) is 6.08 Å². The van der Waals surface area contributed by atoms with Crippen LogP contribution in [0.5, 0.6) is 0 Å². The number of amidine groups is 1. The van der Waals surface area contributed by atoms with E-state index in [0.29, 0.717) is 0 Å². The second kappa shape index (κ2) is 4.27. The van der Waals surface area contributed by atoms with Crippen molar-refractivity contribution in [3.63, 3.8) is 0 Å². The van der Waals surface area contributed by atoms with Crippen LogP contribution in [0.3, 0.4) is 0 Å². The van der Waals surface area contributed by atoms with Gasteiger partial charge in [-0.3, -0.25) is 4.79 Å². The summed E-state index contributed by atoms with van der Waals surface area (Å²) < 4.78 is 13.4. The molecule has 0 spiro atoms. The van der Waals surface area contributed by atoms with Gasteiger partial charge in [-0.15, -0.1) is 0 Å². The fraction of sp³-hybridized carbons (Fsp3) is 0. The van der Waals surface area contributed by atoms with Gasteiger partial charge >= 0.3 is 0 Å². The minimum atomic E-state index is -0.487. The maximum Gasteiger partial charge on any atom is 0.286 e. The number of carbonyl (C=O) groups excluding carboxylic acids is 1. The molecule has 3 nitrogen and oxygen atoms in total. The summed E-state index contributed by atoms with van der Waals surface area (Å²) in [6.45, 7) is 0. The summed E-state index contributed by atoms with van der Waals surface area (Å²) in [6, 6.07) is 4.31. The largest absolute Gasteiger partial charge is 0.378 e. The number of amides is 1. The van der Waals surface area contributed by atoms with E-state index in [1.54, 1.807) is 6.07 Å². The van der Waals surface area contributed by atoms with E-state index in [0.717, 1.165) is 11.8 Å². The van der Waals surface area contributed by atoms with Crippen molar-refractivity contribution in [3.8, 4) is 0 Å². The van der Waals surface area contributed by atoms with E-state index >= 15 is 0 Å². The Kier molecular flexibility index (Phi) is 2.98. The van der Waals surface area contributed by atoms with E-state index in [4.69, 9.17) is 17.3 Å². The van der Waals surface area contributed by atoms with Crippen LogP contribution < -0.4 is 5.73 Å². The molecular formula is C10H6ClFN2OS. The summed E-state index contributed by atoms with van der Waals surface area (Å²) >= 11 is 6.82. The normalized spacial score (nSPS) is 18.0. The highest BCUT2D eigenvalue weighted by Gasteiger charge is 2.20. The van der Waals surface area contributed by atoms with E-state index in [-0.39, 0.29) is 20.7 Å². The van der Waals surface area contributed by atoms with Crippen LogP contribution in [0.15, 0.2) is 28.1 Å². The van der Waals surface area contributed by atoms with Gasteiger partial charge in [0, 0.05) is 5.56 Å². The Morgan fingerprint density at radius 1 is 1.50 bits per heavy atom. The van der Waals surface area contributed by atoms with Gasteiger partial charge in [-0.2, -0.15) is 4.99 Å². The molecule has 0 bridgehead atoms. The molecule has 0 atom stereocenters. The lowest BCUT2D eigenvalue weighted by molar-refractivity contribution is -0.113. The van der Waals surface area contributed by atoms with Crippen molar-refractivity contribution < 1.29 is 9.18 Å². The zero-order valence-corrected chi connectivity index (χ0v) is 9.48. The minimum Gasteiger partial charge on any atom is -0.378 e. The summed E-state index contributed by atoms with van der Waals surface area (Å²) in [6.07, 6.45) is 1.36. The Labute approximate surface area is 100 Å². The van der Waals surface area contributed by atoms with Crippen molar-refractivity contribution in [2.75, 3.05) is 0 Å². The molecule has 1 aliphatic heterocycles. The van der Waals surface area contributed by atoms with Crippen molar-refractivity contribution in [1.29, 1.82) is 0 Å². The van der Waals surface area contributed by atoms with Crippen LogP contribution in [0.2, 0.25) is 5.02 Å². The molecule has 2 N–H and O–H groups in total. The van der Waals surface area contributed by atoms with Crippen molar-refractivity contribution in [3.05, 3.63) is 39.5 Å². The third-order valence-corrected chi connectivity index (χ3v) is 3.05. The van der Waals surface area contributed by atoms with Gasteiger partial charge in [0.1, 0.15) is 5.82 Å². The fourth-order valence-electron chi connectivity index (χ4n) is 1.21. The lowest BCUT2D eigenvalue weighted by atomic mass is 10.2. The van der Waals surface area contributed by atoms with Crippen LogP contribution in [0, 0.1) is 5.82 Å². The molecule has 16 heavy (non-hydrogen) atoms. The molecular weight excluding hydrogens is 251 g/mol. The maximum absolute atomic E-state index is 13.4. The Hall–Kier alpha value is -1.33. The molecule has 1 amide bonds. The Bertz CT molecular complexity index is 507. The Morgan fingerprint density at radius 2 is 2.25 bits per heavy atom.